The number of hydrogen-bond donors (Lipinski definition) is 1. The number of anilines is 2. The molecule has 35 heavy (non-hydrogen) atoms. The van der Waals surface area contributed by atoms with E-state index in [0.717, 1.165) is 27.5 Å². The molecule has 5 aromatic rings. The van der Waals surface area contributed by atoms with Crippen LogP contribution in [0.5, 0.6) is 0 Å². The van der Waals surface area contributed by atoms with E-state index >= 15 is 0 Å². The van der Waals surface area contributed by atoms with Crippen molar-refractivity contribution in [1.82, 2.24) is 0 Å². The van der Waals surface area contributed by atoms with Crippen LogP contribution < -0.4 is 9.62 Å². The molecule has 0 aliphatic rings. The number of rotatable bonds is 6. The van der Waals surface area contributed by atoms with Crippen LogP contribution in [0.3, 0.4) is 0 Å². The number of aryl methyl sites for hydroxylation is 1. The number of fused-ring (bicyclic) bond motifs is 3. The van der Waals surface area contributed by atoms with Gasteiger partial charge in [-0.2, -0.15) is 0 Å². The van der Waals surface area contributed by atoms with E-state index in [4.69, 9.17) is 4.42 Å². The van der Waals surface area contributed by atoms with Gasteiger partial charge in [-0.1, -0.05) is 42.5 Å². The molecule has 0 aliphatic heterocycles. The summed E-state index contributed by atoms with van der Waals surface area (Å²) >= 11 is 0. The fourth-order valence-electron chi connectivity index (χ4n) is 4.12. The quantitative estimate of drug-likeness (QED) is 0.315. The first-order valence-electron chi connectivity index (χ1n) is 11.1. The summed E-state index contributed by atoms with van der Waals surface area (Å²) in [5, 5.41) is 4.93. The summed E-state index contributed by atoms with van der Waals surface area (Å²) in [6, 6.07) is 27.7. The van der Waals surface area contributed by atoms with Crippen molar-refractivity contribution < 1.29 is 17.6 Å². The van der Waals surface area contributed by atoms with Crippen LogP contribution in [0.4, 0.5) is 11.4 Å². The zero-order valence-electron chi connectivity index (χ0n) is 19.4. The Morgan fingerprint density at radius 2 is 1.60 bits per heavy atom. The van der Waals surface area contributed by atoms with Crippen LogP contribution in [-0.2, 0) is 16.6 Å². The zero-order chi connectivity index (χ0) is 24.6. The summed E-state index contributed by atoms with van der Waals surface area (Å²) in [7, 11) is -3.48. The van der Waals surface area contributed by atoms with Gasteiger partial charge in [-0.3, -0.25) is 9.10 Å². The maximum atomic E-state index is 12.8. The fraction of sp³-hybridized carbons (Fsp3) is 0.107. The van der Waals surface area contributed by atoms with Gasteiger partial charge in [0.25, 0.3) is 5.91 Å². The SMILES string of the molecule is Cc1cccc(N(Cc2ccc(C(=O)Nc3ccc4c(c3)oc3ccccc34)cc2)S(C)(=O)=O)c1. The molecule has 0 bridgehead atoms. The lowest BCUT2D eigenvalue weighted by atomic mass is 10.1. The standard InChI is InChI=1S/C28H24N2O4S/c1-19-6-5-7-23(16-19)30(35(2,32)33)18-20-10-12-21(13-11-20)28(31)29-22-14-15-25-24-8-3-4-9-26(24)34-27(25)17-22/h3-17H,18H2,1-2H3,(H,29,31). The third-order valence-corrected chi connectivity index (χ3v) is 7.01. The molecule has 5 rings (SSSR count). The number of nitrogens with one attached hydrogen (secondary N) is 1. The normalized spacial score (nSPS) is 11.6. The van der Waals surface area contributed by atoms with Gasteiger partial charge in [0.1, 0.15) is 11.2 Å². The summed E-state index contributed by atoms with van der Waals surface area (Å²) < 4.78 is 32.1. The number of hydrogen-bond acceptors (Lipinski definition) is 4. The van der Waals surface area contributed by atoms with Crippen LogP contribution in [0.2, 0.25) is 0 Å². The molecular weight excluding hydrogens is 460 g/mol. The van der Waals surface area contributed by atoms with E-state index in [1.165, 1.54) is 10.6 Å². The van der Waals surface area contributed by atoms with Crippen molar-refractivity contribution in [3.8, 4) is 0 Å². The van der Waals surface area contributed by atoms with Crippen molar-refractivity contribution in [2.75, 3.05) is 15.9 Å². The molecule has 7 heteroatoms. The van der Waals surface area contributed by atoms with Gasteiger partial charge in [-0.05, 0) is 60.5 Å². The second-order valence-corrected chi connectivity index (χ2v) is 10.5. The maximum absolute atomic E-state index is 12.8. The molecule has 0 saturated carbocycles. The third kappa shape index (κ3) is 4.76. The van der Waals surface area contributed by atoms with Crippen molar-refractivity contribution in [3.05, 3.63) is 108 Å². The molecule has 176 valence electrons. The second-order valence-electron chi connectivity index (χ2n) is 8.57. The largest absolute Gasteiger partial charge is 0.456 e. The Balaban J connectivity index is 1.33. The number of nitrogens with zero attached hydrogens (tertiary/aromatic N) is 1. The van der Waals surface area contributed by atoms with E-state index in [1.807, 2.05) is 67.6 Å². The van der Waals surface area contributed by atoms with Crippen LogP contribution in [0, 0.1) is 6.92 Å². The molecule has 0 fully saturated rings. The van der Waals surface area contributed by atoms with Crippen LogP contribution in [-0.4, -0.2) is 20.6 Å². The molecular formula is C28H24N2O4S. The molecule has 1 N–H and O–H groups in total. The molecule has 4 aromatic carbocycles. The van der Waals surface area contributed by atoms with Gasteiger partial charge in [-0.25, -0.2) is 8.42 Å². The summed E-state index contributed by atoms with van der Waals surface area (Å²) in [4.78, 5) is 12.8. The minimum atomic E-state index is -3.48. The Bertz CT molecular complexity index is 1650. The van der Waals surface area contributed by atoms with Crippen LogP contribution in [0.15, 0.2) is 95.4 Å². The number of sulfonamides is 1. The molecule has 0 aliphatic carbocycles. The van der Waals surface area contributed by atoms with Crippen molar-refractivity contribution in [1.29, 1.82) is 0 Å². The predicted octanol–water partition coefficient (Wildman–Crippen LogP) is 6.11. The first kappa shape index (κ1) is 22.7. The van der Waals surface area contributed by atoms with E-state index in [1.54, 1.807) is 30.3 Å². The predicted molar refractivity (Wildman–Crippen MR) is 140 cm³/mol. The van der Waals surface area contributed by atoms with Gasteiger partial charge in [0.05, 0.1) is 18.5 Å². The minimum absolute atomic E-state index is 0.174. The number of para-hydroxylation sites is 1. The Morgan fingerprint density at radius 1 is 0.857 bits per heavy atom. The number of furan rings is 1. The van der Waals surface area contributed by atoms with Crippen molar-refractivity contribution in [2.45, 2.75) is 13.5 Å². The maximum Gasteiger partial charge on any atom is 0.255 e. The molecule has 1 amide bonds. The van der Waals surface area contributed by atoms with E-state index in [0.29, 0.717) is 22.5 Å². The monoisotopic (exact) mass is 484 g/mol. The molecule has 6 nitrogen and oxygen atoms in total. The molecule has 0 spiro atoms. The number of carbonyl (C=O) groups excluding carboxylic acids is 1. The lowest BCUT2D eigenvalue weighted by Gasteiger charge is -2.23. The smallest absolute Gasteiger partial charge is 0.255 e. The first-order chi connectivity index (χ1) is 16.8. The van der Waals surface area contributed by atoms with Crippen molar-refractivity contribution >= 4 is 49.2 Å². The number of amides is 1. The van der Waals surface area contributed by atoms with Crippen molar-refractivity contribution in [2.24, 2.45) is 0 Å². The lowest BCUT2D eigenvalue weighted by molar-refractivity contribution is 0.102. The second kappa shape index (κ2) is 8.92. The van der Waals surface area contributed by atoms with E-state index in [9.17, 15) is 13.2 Å². The van der Waals surface area contributed by atoms with Gasteiger partial charge in [-0.15, -0.1) is 0 Å². The Hall–Kier alpha value is -4.10. The summed E-state index contributed by atoms with van der Waals surface area (Å²) in [5.74, 6) is -0.259. The van der Waals surface area contributed by atoms with E-state index < -0.39 is 10.0 Å². The van der Waals surface area contributed by atoms with Gasteiger partial charge >= 0.3 is 0 Å². The van der Waals surface area contributed by atoms with Crippen LogP contribution in [0.25, 0.3) is 21.9 Å². The topological polar surface area (TPSA) is 79.6 Å². The highest BCUT2D eigenvalue weighted by Gasteiger charge is 2.18. The Labute approximate surface area is 203 Å². The van der Waals surface area contributed by atoms with E-state index in [2.05, 4.69) is 5.32 Å². The number of benzene rings is 4. The van der Waals surface area contributed by atoms with Gasteiger partial charge in [0.2, 0.25) is 10.0 Å². The van der Waals surface area contributed by atoms with Gasteiger partial charge in [0, 0.05) is 28.1 Å². The molecule has 0 radical (unpaired) electrons. The molecule has 0 unspecified atom stereocenters. The summed E-state index contributed by atoms with van der Waals surface area (Å²) in [5.41, 5.74) is 4.97. The lowest BCUT2D eigenvalue weighted by Crippen LogP contribution is -2.29. The third-order valence-electron chi connectivity index (χ3n) is 5.87. The molecule has 0 atom stereocenters. The van der Waals surface area contributed by atoms with Crippen LogP contribution >= 0.6 is 0 Å². The first-order valence-corrected chi connectivity index (χ1v) is 13.0. The Morgan fingerprint density at radius 3 is 2.34 bits per heavy atom. The molecule has 0 saturated heterocycles. The fourth-order valence-corrected chi connectivity index (χ4v) is 5.00. The molecule has 1 heterocycles. The highest BCUT2D eigenvalue weighted by atomic mass is 32.2. The highest BCUT2D eigenvalue weighted by Crippen LogP contribution is 2.30. The van der Waals surface area contributed by atoms with Crippen LogP contribution in [0.1, 0.15) is 21.5 Å². The minimum Gasteiger partial charge on any atom is -0.456 e. The number of carbonyl (C=O) groups is 1. The summed E-state index contributed by atoms with van der Waals surface area (Å²) in [6.45, 7) is 2.09. The van der Waals surface area contributed by atoms with Crippen molar-refractivity contribution in [3.63, 3.8) is 0 Å². The van der Waals surface area contributed by atoms with Gasteiger partial charge in [0.15, 0.2) is 0 Å². The highest BCUT2D eigenvalue weighted by molar-refractivity contribution is 7.92. The summed E-state index contributed by atoms with van der Waals surface area (Å²) in [6.07, 6.45) is 1.19. The average Bonchev–Trinajstić information content (AvgIpc) is 3.20. The van der Waals surface area contributed by atoms with E-state index in [-0.39, 0.29) is 12.5 Å². The van der Waals surface area contributed by atoms with Gasteiger partial charge < -0.3 is 9.73 Å². The Kier molecular flexibility index (Phi) is 5.78. The molecule has 1 aromatic heterocycles. The average molecular weight is 485 g/mol. The zero-order valence-corrected chi connectivity index (χ0v) is 20.2.